The van der Waals surface area contributed by atoms with Crippen LogP contribution in [0.25, 0.3) is 10.8 Å². The Morgan fingerprint density at radius 1 is 1.15 bits per heavy atom. The van der Waals surface area contributed by atoms with Crippen molar-refractivity contribution in [3.8, 4) is 0 Å². The lowest BCUT2D eigenvalue weighted by Gasteiger charge is -2.20. The summed E-state index contributed by atoms with van der Waals surface area (Å²) in [5, 5.41) is 6.24. The molecule has 1 aromatic heterocycles. The van der Waals surface area contributed by atoms with E-state index >= 15 is 0 Å². The molecule has 0 radical (unpaired) electrons. The first-order chi connectivity index (χ1) is 9.81. The monoisotopic (exact) mass is 267 g/mol. The highest BCUT2D eigenvalue weighted by molar-refractivity contribution is 6.00. The number of fused-ring (bicyclic) bond motifs is 1. The Morgan fingerprint density at radius 2 is 1.95 bits per heavy atom. The number of aryl methyl sites for hydroxylation is 1. The molecule has 1 aliphatic carbocycles. The Labute approximate surface area is 120 Å². The van der Waals surface area contributed by atoms with E-state index < -0.39 is 0 Å². The van der Waals surface area contributed by atoms with Crippen molar-refractivity contribution in [1.29, 1.82) is 0 Å². The summed E-state index contributed by atoms with van der Waals surface area (Å²) in [6.45, 7) is 4.45. The van der Waals surface area contributed by atoms with E-state index in [1.807, 2.05) is 6.20 Å². The molecule has 2 heterocycles. The third kappa shape index (κ3) is 2.11. The van der Waals surface area contributed by atoms with Crippen LogP contribution in [-0.4, -0.2) is 24.1 Å². The Hall–Kier alpha value is -1.77. The summed E-state index contributed by atoms with van der Waals surface area (Å²) in [6, 6.07) is 7.40. The van der Waals surface area contributed by atoms with Gasteiger partial charge < -0.3 is 10.2 Å². The summed E-state index contributed by atoms with van der Waals surface area (Å²) in [6.07, 6.45) is 7.19. The van der Waals surface area contributed by atoms with Gasteiger partial charge in [-0.05, 0) is 38.7 Å². The number of aromatic nitrogens is 1. The van der Waals surface area contributed by atoms with Gasteiger partial charge in [-0.2, -0.15) is 0 Å². The molecule has 1 N–H and O–H groups in total. The molecule has 0 unspecified atom stereocenters. The molecule has 1 saturated carbocycles. The van der Waals surface area contributed by atoms with Gasteiger partial charge in [0.05, 0.1) is 11.9 Å². The van der Waals surface area contributed by atoms with E-state index in [4.69, 9.17) is 4.98 Å². The van der Waals surface area contributed by atoms with Crippen LogP contribution in [0.3, 0.4) is 0 Å². The van der Waals surface area contributed by atoms with Gasteiger partial charge in [0.2, 0.25) is 0 Å². The van der Waals surface area contributed by atoms with Crippen LogP contribution in [0.4, 0.5) is 11.5 Å². The third-order valence-corrected chi connectivity index (χ3v) is 4.36. The number of anilines is 2. The van der Waals surface area contributed by atoms with Crippen LogP contribution in [0.1, 0.15) is 31.2 Å². The molecule has 0 spiro atoms. The lowest BCUT2D eigenvalue weighted by Crippen LogP contribution is -2.19. The molecule has 4 rings (SSSR count). The zero-order chi connectivity index (χ0) is 13.5. The minimum atomic E-state index is 0.666. The van der Waals surface area contributed by atoms with Crippen LogP contribution in [0, 0.1) is 6.92 Å². The quantitative estimate of drug-likeness (QED) is 0.918. The summed E-state index contributed by atoms with van der Waals surface area (Å²) < 4.78 is 0. The summed E-state index contributed by atoms with van der Waals surface area (Å²) in [5.41, 5.74) is 2.51. The lowest BCUT2D eigenvalue weighted by molar-refractivity contribution is 0.945. The zero-order valence-electron chi connectivity index (χ0n) is 12.0. The SMILES string of the molecule is Cc1ccc2c(NC3CC3)cnc(N3CCCC3)c2c1. The molecule has 3 nitrogen and oxygen atoms in total. The van der Waals surface area contributed by atoms with Gasteiger partial charge in [-0.15, -0.1) is 0 Å². The largest absolute Gasteiger partial charge is 0.381 e. The molecule has 104 valence electrons. The maximum Gasteiger partial charge on any atom is 0.136 e. The molecule has 0 atom stereocenters. The zero-order valence-corrected chi connectivity index (χ0v) is 12.0. The van der Waals surface area contributed by atoms with Gasteiger partial charge in [-0.3, -0.25) is 0 Å². The molecule has 2 fully saturated rings. The Balaban J connectivity index is 1.84. The molecule has 0 bridgehead atoms. The van der Waals surface area contributed by atoms with Crippen LogP contribution >= 0.6 is 0 Å². The first-order valence-electron chi connectivity index (χ1n) is 7.72. The van der Waals surface area contributed by atoms with Crippen LogP contribution in [0.2, 0.25) is 0 Å². The van der Waals surface area contributed by atoms with E-state index in [-0.39, 0.29) is 0 Å². The maximum absolute atomic E-state index is 4.77. The molecule has 1 aliphatic heterocycles. The smallest absolute Gasteiger partial charge is 0.136 e. The molecule has 1 aromatic carbocycles. The summed E-state index contributed by atoms with van der Waals surface area (Å²) in [7, 11) is 0. The van der Waals surface area contributed by atoms with Gasteiger partial charge in [0.15, 0.2) is 0 Å². The topological polar surface area (TPSA) is 28.2 Å². The molecule has 0 amide bonds. The number of hydrogen-bond acceptors (Lipinski definition) is 3. The van der Waals surface area contributed by atoms with Crippen molar-refractivity contribution in [2.75, 3.05) is 23.3 Å². The van der Waals surface area contributed by atoms with Gasteiger partial charge in [0.25, 0.3) is 0 Å². The molecule has 20 heavy (non-hydrogen) atoms. The fraction of sp³-hybridized carbons (Fsp3) is 0.471. The number of hydrogen-bond donors (Lipinski definition) is 1. The molecule has 2 aromatic rings. The first kappa shape index (κ1) is 12.0. The predicted molar refractivity (Wildman–Crippen MR) is 84.6 cm³/mol. The van der Waals surface area contributed by atoms with Gasteiger partial charge in [-0.1, -0.05) is 17.7 Å². The van der Waals surface area contributed by atoms with E-state index in [2.05, 4.69) is 35.3 Å². The van der Waals surface area contributed by atoms with E-state index in [1.54, 1.807) is 0 Å². The Bertz CT molecular complexity index is 640. The fourth-order valence-corrected chi connectivity index (χ4v) is 3.09. The molecular formula is C17H21N3. The van der Waals surface area contributed by atoms with Gasteiger partial charge in [-0.25, -0.2) is 4.98 Å². The van der Waals surface area contributed by atoms with Crippen molar-refractivity contribution < 1.29 is 0 Å². The average Bonchev–Trinajstić information content (AvgIpc) is 3.10. The number of benzene rings is 1. The highest BCUT2D eigenvalue weighted by atomic mass is 15.2. The average molecular weight is 267 g/mol. The summed E-state index contributed by atoms with van der Waals surface area (Å²) in [4.78, 5) is 7.21. The molecule has 1 saturated heterocycles. The molecule has 3 heteroatoms. The van der Waals surface area contributed by atoms with Crippen molar-refractivity contribution in [1.82, 2.24) is 4.98 Å². The maximum atomic E-state index is 4.77. The molecular weight excluding hydrogens is 246 g/mol. The van der Waals surface area contributed by atoms with E-state index in [9.17, 15) is 0 Å². The number of nitrogens with one attached hydrogen (secondary N) is 1. The van der Waals surface area contributed by atoms with Crippen LogP contribution in [-0.2, 0) is 0 Å². The van der Waals surface area contributed by atoms with Gasteiger partial charge >= 0.3 is 0 Å². The second-order valence-corrected chi connectivity index (χ2v) is 6.16. The first-order valence-corrected chi connectivity index (χ1v) is 7.72. The minimum absolute atomic E-state index is 0.666. The number of pyridine rings is 1. The fourth-order valence-electron chi connectivity index (χ4n) is 3.09. The van der Waals surface area contributed by atoms with Gasteiger partial charge in [0.1, 0.15) is 5.82 Å². The lowest BCUT2D eigenvalue weighted by atomic mass is 10.1. The second-order valence-electron chi connectivity index (χ2n) is 6.16. The van der Waals surface area contributed by atoms with E-state index in [1.165, 1.54) is 53.5 Å². The summed E-state index contributed by atoms with van der Waals surface area (Å²) >= 11 is 0. The molecule has 2 aliphatic rings. The standard InChI is InChI=1S/C17H21N3/c1-12-4-7-14-15(10-12)17(20-8-2-3-9-20)18-11-16(14)19-13-5-6-13/h4,7,10-11,13,19H,2-3,5-6,8-9H2,1H3. The van der Waals surface area contributed by atoms with Gasteiger partial charge in [0, 0.05) is 29.9 Å². The van der Waals surface area contributed by atoms with Crippen LogP contribution in [0.5, 0.6) is 0 Å². The minimum Gasteiger partial charge on any atom is -0.381 e. The number of nitrogens with zero attached hydrogens (tertiary/aromatic N) is 2. The number of rotatable bonds is 3. The van der Waals surface area contributed by atoms with Crippen molar-refractivity contribution in [3.63, 3.8) is 0 Å². The highest BCUT2D eigenvalue weighted by Crippen LogP contribution is 2.34. The predicted octanol–water partition coefficient (Wildman–Crippen LogP) is 3.72. The van der Waals surface area contributed by atoms with Crippen molar-refractivity contribution in [2.24, 2.45) is 0 Å². The Morgan fingerprint density at radius 3 is 2.70 bits per heavy atom. The van der Waals surface area contributed by atoms with Crippen molar-refractivity contribution in [2.45, 2.75) is 38.6 Å². The van der Waals surface area contributed by atoms with E-state index in [0.29, 0.717) is 6.04 Å². The Kier molecular flexibility index (Phi) is 2.79. The van der Waals surface area contributed by atoms with Crippen LogP contribution < -0.4 is 10.2 Å². The normalized spacial score (nSPS) is 18.8. The van der Waals surface area contributed by atoms with Crippen LogP contribution in [0.15, 0.2) is 24.4 Å². The summed E-state index contributed by atoms with van der Waals surface area (Å²) in [5.74, 6) is 1.17. The van der Waals surface area contributed by atoms with E-state index in [0.717, 1.165) is 13.1 Å². The second kappa shape index (κ2) is 4.65. The van der Waals surface area contributed by atoms with Crippen molar-refractivity contribution in [3.05, 3.63) is 30.0 Å². The third-order valence-electron chi connectivity index (χ3n) is 4.36. The highest BCUT2D eigenvalue weighted by Gasteiger charge is 2.23. The van der Waals surface area contributed by atoms with Crippen molar-refractivity contribution >= 4 is 22.3 Å².